The SMILES string of the molecule is CC1(C)c2ccccc2-c2ccc(-c3nc(-c4cccc(-c5ccccc5)c4)nc(-c4ccc5c(c4)-c4ccccc4C4C=C6C(=CC54)OC4C=CC=CC64)n3)cc21. The van der Waals surface area contributed by atoms with Crippen molar-refractivity contribution >= 4 is 0 Å². The summed E-state index contributed by atoms with van der Waals surface area (Å²) in [7, 11) is 0. The Hall–Kier alpha value is -6.91. The number of hydrogen-bond donors (Lipinski definition) is 0. The summed E-state index contributed by atoms with van der Waals surface area (Å²) in [5, 5.41) is 0. The van der Waals surface area contributed by atoms with Gasteiger partial charge in [0.15, 0.2) is 17.5 Å². The third kappa shape index (κ3) is 5.04. The Balaban J connectivity index is 1.01. The average molecular weight is 746 g/mol. The molecule has 0 N–H and O–H groups in total. The van der Waals surface area contributed by atoms with Crippen molar-refractivity contribution in [2.75, 3.05) is 0 Å². The van der Waals surface area contributed by atoms with E-state index in [0.717, 1.165) is 33.6 Å². The van der Waals surface area contributed by atoms with Gasteiger partial charge in [-0.3, -0.25) is 0 Å². The van der Waals surface area contributed by atoms with E-state index in [1.54, 1.807) is 0 Å². The van der Waals surface area contributed by atoms with E-state index in [4.69, 9.17) is 19.7 Å². The minimum Gasteiger partial charge on any atom is -0.485 e. The minimum atomic E-state index is -0.145. The monoisotopic (exact) mass is 745 g/mol. The Morgan fingerprint density at radius 3 is 1.91 bits per heavy atom. The highest BCUT2D eigenvalue weighted by Crippen LogP contribution is 2.55. The van der Waals surface area contributed by atoms with Crippen molar-refractivity contribution in [3.8, 4) is 67.5 Å². The summed E-state index contributed by atoms with van der Waals surface area (Å²) >= 11 is 0. The molecule has 276 valence electrons. The Morgan fingerprint density at radius 1 is 0.448 bits per heavy atom. The third-order valence-electron chi connectivity index (χ3n) is 13.1. The predicted molar refractivity (Wildman–Crippen MR) is 233 cm³/mol. The fourth-order valence-electron chi connectivity index (χ4n) is 10.1. The van der Waals surface area contributed by atoms with Crippen molar-refractivity contribution in [3.63, 3.8) is 0 Å². The number of benzene rings is 6. The summed E-state index contributed by atoms with van der Waals surface area (Å²) in [5.74, 6) is 3.65. The second kappa shape index (κ2) is 12.5. The third-order valence-corrected chi connectivity index (χ3v) is 13.1. The molecular formula is C54H39N3O. The lowest BCUT2D eigenvalue weighted by molar-refractivity contribution is 0.183. The number of hydrogen-bond acceptors (Lipinski definition) is 4. The number of fused-ring (bicyclic) bond motifs is 12. The van der Waals surface area contributed by atoms with E-state index in [-0.39, 0.29) is 29.3 Å². The fourth-order valence-corrected chi connectivity index (χ4v) is 10.1. The van der Waals surface area contributed by atoms with Crippen LogP contribution in [0.15, 0.2) is 187 Å². The second-order valence-corrected chi connectivity index (χ2v) is 16.7. The molecule has 1 aromatic heterocycles. The van der Waals surface area contributed by atoms with Gasteiger partial charge in [0.05, 0.1) is 0 Å². The number of aromatic nitrogens is 3. The summed E-state index contributed by atoms with van der Waals surface area (Å²) in [6.07, 6.45) is 13.6. The molecule has 0 spiro atoms. The molecule has 5 aliphatic rings. The van der Waals surface area contributed by atoms with Gasteiger partial charge < -0.3 is 4.74 Å². The Labute approximate surface area is 338 Å². The van der Waals surface area contributed by atoms with Crippen molar-refractivity contribution in [2.45, 2.75) is 37.2 Å². The van der Waals surface area contributed by atoms with Gasteiger partial charge in [-0.15, -0.1) is 0 Å². The van der Waals surface area contributed by atoms with Gasteiger partial charge in [-0.1, -0.05) is 159 Å². The topological polar surface area (TPSA) is 47.9 Å². The molecule has 0 saturated carbocycles. The lowest BCUT2D eigenvalue weighted by Crippen LogP contribution is -2.19. The zero-order chi connectivity index (χ0) is 38.5. The van der Waals surface area contributed by atoms with Crippen molar-refractivity contribution in [1.82, 2.24) is 15.0 Å². The molecule has 7 aromatic rings. The molecule has 58 heavy (non-hydrogen) atoms. The first-order valence-electron chi connectivity index (χ1n) is 20.3. The van der Waals surface area contributed by atoms with Gasteiger partial charge >= 0.3 is 0 Å². The number of allylic oxidation sites excluding steroid dienone is 5. The van der Waals surface area contributed by atoms with Crippen LogP contribution in [0.1, 0.15) is 47.9 Å². The van der Waals surface area contributed by atoms with Crippen molar-refractivity contribution < 1.29 is 4.74 Å². The smallest absolute Gasteiger partial charge is 0.164 e. The lowest BCUT2D eigenvalue weighted by Gasteiger charge is -2.35. The van der Waals surface area contributed by atoms with Crippen LogP contribution in [0.4, 0.5) is 0 Å². The van der Waals surface area contributed by atoms with Crippen LogP contribution in [0.2, 0.25) is 0 Å². The zero-order valence-electron chi connectivity index (χ0n) is 32.3. The van der Waals surface area contributed by atoms with Crippen LogP contribution in [0.3, 0.4) is 0 Å². The zero-order valence-corrected chi connectivity index (χ0v) is 32.3. The first-order chi connectivity index (χ1) is 28.5. The first kappa shape index (κ1) is 33.3. The molecule has 0 amide bonds. The van der Waals surface area contributed by atoms with E-state index in [1.165, 1.54) is 50.1 Å². The molecular weight excluding hydrogens is 707 g/mol. The molecule has 4 nitrogen and oxygen atoms in total. The first-order valence-corrected chi connectivity index (χ1v) is 20.3. The van der Waals surface area contributed by atoms with E-state index in [9.17, 15) is 0 Å². The van der Waals surface area contributed by atoms with E-state index in [2.05, 4.69) is 184 Å². The molecule has 1 fully saturated rings. The van der Waals surface area contributed by atoms with Crippen LogP contribution in [-0.4, -0.2) is 21.1 Å². The van der Waals surface area contributed by atoms with Gasteiger partial charge in [0, 0.05) is 45.4 Å². The highest BCUT2D eigenvalue weighted by molar-refractivity contribution is 5.84. The summed E-state index contributed by atoms with van der Waals surface area (Å²) in [6, 6.07) is 50.2. The molecule has 1 aliphatic heterocycles. The van der Waals surface area contributed by atoms with E-state index in [1.807, 2.05) is 6.07 Å². The molecule has 2 heterocycles. The van der Waals surface area contributed by atoms with Gasteiger partial charge in [-0.05, 0) is 86.0 Å². The summed E-state index contributed by atoms with van der Waals surface area (Å²) < 4.78 is 6.55. The fraction of sp³-hybridized carbons (Fsp3) is 0.130. The molecule has 12 rings (SSSR count). The van der Waals surface area contributed by atoms with Crippen LogP contribution in [0.5, 0.6) is 0 Å². The molecule has 0 radical (unpaired) electrons. The standard InChI is InChI=1S/C54H39N3O/c1-54(2)47-21-10-8-19-40(47)41-26-24-36(29-48(41)54)53-56-51(34-16-12-15-33(27-34)32-13-4-3-5-14-32)55-52(57-53)35-23-25-39-43(28-35)37-17-6-7-18-38(37)44-30-46-42-20-9-11-22-49(42)58-50(46)31-45(39)44/h3-31,42,44-45,49H,1-2H3. The highest BCUT2D eigenvalue weighted by atomic mass is 16.5. The van der Waals surface area contributed by atoms with Crippen LogP contribution in [-0.2, 0) is 10.2 Å². The van der Waals surface area contributed by atoms with E-state index < -0.39 is 0 Å². The van der Waals surface area contributed by atoms with Gasteiger partial charge in [0.2, 0.25) is 0 Å². The maximum Gasteiger partial charge on any atom is 0.164 e. The highest BCUT2D eigenvalue weighted by Gasteiger charge is 2.42. The molecule has 4 aliphatic carbocycles. The van der Waals surface area contributed by atoms with Crippen LogP contribution >= 0.6 is 0 Å². The predicted octanol–water partition coefficient (Wildman–Crippen LogP) is 12.7. The number of rotatable bonds is 4. The van der Waals surface area contributed by atoms with Crippen LogP contribution < -0.4 is 0 Å². The molecule has 6 aromatic carbocycles. The Morgan fingerprint density at radius 2 is 1.07 bits per heavy atom. The molecule has 4 atom stereocenters. The van der Waals surface area contributed by atoms with E-state index >= 15 is 0 Å². The maximum atomic E-state index is 6.55. The maximum absolute atomic E-state index is 6.55. The van der Waals surface area contributed by atoms with Gasteiger partial charge in [-0.25, -0.2) is 15.0 Å². The minimum absolute atomic E-state index is 0.0624. The summed E-state index contributed by atoms with van der Waals surface area (Å²) in [4.78, 5) is 15.8. The normalized spacial score (nSPS) is 20.9. The van der Waals surface area contributed by atoms with Crippen molar-refractivity contribution in [2.24, 2.45) is 5.92 Å². The van der Waals surface area contributed by atoms with Crippen LogP contribution in [0.25, 0.3) is 67.5 Å². The van der Waals surface area contributed by atoms with Crippen molar-refractivity contribution in [3.05, 3.63) is 210 Å². The summed E-state index contributed by atoms with van der Waals surface area (Å²) in [6.45, 7) is 4.63. The van der Waals surface area contributed by atoms with Gasteiger partial charge in [0.25, 0.3) is 0 Å². The summed E-state index contributed by atoms with van der Waals surface area (Å²) in [5.41, 5.74) is 16.6. The Bertz CT molecular complexity index is 2990. The number of ether oxygens (including phenoxy) is 1. The van der Waals surface area contributed by atoms with Gasteiger partial charge in [0.1, 0.15) is 11.9 Å². The molecule has 4 heteroatoms. The van der Waals surface area contributed by atoms with Crippen molar-refractivity contribution in [1.29, 1.82) is 0 Å². The molecule has 4 unspecified atom stereocenters. The average Bonchev–Trinajstić information content (AvgIpc) is 3.76. The lowest BCUT2D eigenvalue weighted by atomic mass is 9.68. The van der Waals surface area contributed by atoms with Crippen LogP contribution in [0, 0.1) is 5.92 Å². The van der Waals surface area contributed by atoms with E-state index in [0.29, 0.717) is 17.5 Å². The largest absolute Gasteiger partial charge is 0.485 e. The Kier molecular flexibility index (Phi) is 7.19. The molecule has 1 saturated heterocycles. The second-order valence-electron chi connectivity index (χ2n) is 16.7. The molecule has 0 bridgehead atoms. The quantitative estimate of drug-likeness (QED) is 0.180. The number of nitrogens with zero attached hydrogens (tertiary/aromatic N) is 3. The van der Waals surface area contributed by atoms with Gasteiger partial charge in [-0.2, -0.15) is 0 Å².